The Kier molecular flexibility index (Phi) is 3.46. The minimum Gasteiger partial charge on any atom is -0.408 e. The number of aromatic amines is 1. The summed E-state index contributed by atoms with van der Waals surface area (Å²) in [7, 11) is 1.64. The molecule has 0 atom stereocenters. The first-order chi connectivity index (χ1) is 12.0. The molecule has 0 bridgehead atoms. The van der Waals surface area contributed by atoms with Crippen LogP contribution in [-0.2, 0) is 18.3 Å². The zero-order valence-electron chi connectivity index (χ0n) is 13.9. The fourth-order valence-electron chi connectivity index (χ4n) is 3.04. The third kappa shape index (κ3) is 2.71. The van der Waals surface area contributed by atoms with Gasteiger partial charge in [0.05, 0.1) is 11.9 Å². The minimum absolute atomic E-state index is 0.126. The number of carbonyl (C=O) groups excluding carboxylic acids is 1. The smallest absolute Gasteiger partial charge is 0.408 e. The van der Waals surface area contributed by atoms with E-state index in [0.29, 0.717) is 16.8 Å². The molecule has 6 heteroatoms. The van der Waals surface area contributed by atoms with E-state index in [1.807, 2.05) is 25.3 Å². The third-order valence-electron chi connectivity index (χ3n) is 4.35. The second-order valence-corrected chi connectivity index (χ2v) is 6.20. The summed E-state index contributed by atoms with van der Waals surface area (Å²) in [5.74, 6) is -0.549. The van der Waals surface area contributed by atoms with Gasteiger partial charge in [0.25, 0.3) is 0 Å². The van der Waals surface area contributed by atoms with Gasteiger partial charge < -0.3 is 14.7 Å². The number of benzene rings is 2. The Morgan fingerprint density at radius 1 is 1.24 bits per heavy atom. The fourth-order valence-corrected chi connectivity index (χ4v) is 3.04. The fraction of sp³-hybridized carbons (Fsp3) is 0.158. The number of aryl methyl sites for hydroxylation is 2. The van der Waals surface area contributed by atoms with Gasteiger partial charge in [-0.25, -0.2) is 4.79 Å². The second kappa shape index (κ2) is 5.66. The summed E-state index contributed by atoms with van der Waals surface area (Å²) in [4.78, 5) is 27.1. The SMILES string of the molecule is Cc1ccc2c(CC(=O)Nc3ccc4c(c3)oc(=O)n4C)c[nH]c2c1. The maximum Gasteiger partial charge on any atom is 0.419 e. The molecule has 1 amide bonds. The van der Waals surface area contributed by atoms with Gasteiger partial charge in [-0.2, -0.15) is 0 Å². The van der Waals surface area contributed by atoms with Crippen molar-refractivity contribution in [2.45, 2.75) is 13.3 Å². The molecule has 0 saturated heterocycles. The highest BCUT2D eigenvalue weighted by molar-refractivity contribution is 5.97. The number of nitrogens with one attached hydrogen (secondary N) is 2. The Labute approximate surface area is 143 Å². The lowest BCUT2D eigenvalue weighted by molar-refractivity contribution is -0.115. The molecule has 2 N–H and O–H groups in total. The molecule has 0 saturated carbocycles. The average Bonchev–Trinajstić information content (AvgIpc) is 3.08. The molecule has 2 aromatic heterocycles. The van der Waals surface area contributed by atoms with Gasteiger partial charge in [-0.15, -0.1) is 0 Å². The van der Waals surface area contributed by atoms with Crippen molar-refractivity contribution in [1.29, 1.82) is 0 Å². The van der Waals surface area contributed by atoms with Crippen LogP contribution in [-0.4, -0.2) is 15.5 Å². The molecule has 4 rings (SSSR count). The summed E-state index contributed by atoms with van der Waals surface area (Å²) in [6.07, 6.45) is 2.13. The molecule has 2 aromatic carbocycles. The molecular formula is C19H17N3O3. The van der Waals surface area contributed by atoms with Gasteiger partial charge in [-0.1, -0.05) is 12.1 Å². The van der Waals surface area contributed by atoms with Crippen molar-refractivity contribution in [3.05, 3.63) is 64.3 Å². The number of oxazole rings is 1. The summed E-state index contributed by atoms with van der Waals surface area (Å²) >= 11 is 0. The van der Waals surface area contributed by atoms with Crippen molar-refractivity contribution >= 4 is 33.6 Å². The molecule has 6 nitrogen and oxygen atoms in total. The Morgan fingerprint density at radius 3 is 2.92 bits per heavy atom. The van der Waals surface area contributed by atoms with E-state index in [-0.39, 0.29) is 12.3 Å². The highest BCUT2D eigenvalue weighted by Crippen LogP contribution is 2.21. The van der Waals surface area contributed by atoms with Gasteiger partial charge >= 0.3 is 5.76 Å². The van der Waals surface area contributed by atoms with E-state index in [2.05, 4.69) is 16.4 Å². The zero-order valence-corrected chi connectivity index (χ0v) is 13.9. The van der Waals surface area contributed by atoms with E-state index in [1.54, 1.807) is 25.2 Å². The van der Waals surface area contributed by atoms with E-state index in [0.717, 1.165) is 16.5 Å². The van der Waals surface area contributed by atoms with Crippen molar-refractivity contribution in [2.75, 3.05) is 5.32 Å². The number of hydrogen-bond acceptors (Lipinski definition) is 3. The molecule has 0 aliphatic heterocycles. The molecule has 4 aromatic rings. The van der Waals surface area contributed by atoms with Crippen LogP contribution in [0.2, 0.25) is 0 Å². The molecule has 0 unspecified atom stereocenters. The van der Waals surface area contributed by atoms with Gasteiger partial charge in [-0.3, -0.25) is 9.36 Å². The third-order valence-corrected chi connectivity index (χ3v) is 4.35. The first kappa shape index (κ1) is 15.3. The van der Waals surface area contributed by atoms with Crippen LogP contribution in [0, 0.1) is 6.92 Å². The van der Waals surface area contributed by atoms with Crippen molar-refractivity contribution < 1.29 is 9.21 Å². The van der Waals surface area contributed by atoms with Crippen molar-refractivity contribution in [1.82, 2.24) is 9.55 Å². The highest BCUT2D eigenvalue weighted by Gasteiger charge is 2.11. The van der Waals surface area contributed by atoms with Crippen LogP contribution in [0.25, 0.3) is 22.0 Å². The summed E-state index contributed by atoms with van der Waals surface area (Å²) in [6, 6.07) is 11.3. The highest BCUT2D eigenvalue weighted by atomic mass is 16.4. The number of hydrogen-bond donors (Lipinski definition) is 2. The van der Waals surface area contributed by atoms with E-state index >= 15 is 0 Å². The largest absolute Gasteiger partial charge is 0.419 e. The van der Waals surface area contributed by atoms with E-state index < -0.39 is 5.76 Å². The van der Waals surface area contributed by atoms with Crippen LogP contribution in [0.1, 0.15) is 11.1 Å². The van der Waals surface area contributed by atoms with Crippen molar-refractivity contribution in [2.24, 2.45) is 7.05 Å². The summed E-state index contributed by atoms with van der Waals surface area (Å²) < 4.78 is 6.57. The lowest BCUT2D eigenvalue weighted by atomic mass is 10.1. The molecule has 0 aliphatic carbocycles. The van der Waals surface area contributed by atoms with Gasteiger partial charge in [0.15, 0.2) is 5.58 Å². The van der Waals surface area contributed by atoms with Crippen LogP contribution < -0.4 is 11.1 Å². The Morgan fingerprint density at radius 2 is 2.08 bits per heavy atom. The monoisotopic (exact) mass is 335 g/mol. The number of anilines is 1. The Hall–Kier alpha value is -3.28. The summed E-state index contributed by atoms with van der Waals surface area (Å²) in [6.45, 7) is 2.03. The zero-order chi connectivity index (χ0) is 17.6. The minimum atomic E-state index is -0.424. The standard InChI is InChI=1S/C19H17N3O3/c1-11-3-5-14-12(10-20-15(14)7-11)8-18(23)21-13-4-6-16-17(9-13)25-19(24)22(16)2/h3-7,9-10,20H,8H2,1-2H3,(H,21,23). The molecule has 25 heavy (non-hydrogen) atoms. The lowest BCUT2D eigenvalue weighted by Gasteiger charge is -2.05. The predicted octanol–water partition coefficient (Wildman–Crippen LogP) is 3.10. The van der Waals surface area contributed by atoms with Gasteiger partial charge in [0.1, 0.15) is 0 Å². The Balaban J connectivity index is 1.56. The number of aromatic nitrogens is 2. The normalized spacial score (nSPS) is 11.3. The maximum absolute atomic E-state index is 12.4. The summed E-state index contributed by atoms with van der Waals surface area (Å²) in [5, 5.41) is 3.90. The lowest BCUT2D eigenvalue weighted by Crippen LogP contribution is -2.14. The second-order valence-electron chi connectivity index (χ2n) is 6.20. The van der Waals surface area contributed by atoms with Crippen LogP contribution in [0.15, 0.2) is 51.8 Å². The molecule has 0 radical (unpaired) electrons. The number of amides is 1. The van der Waals surface area contributed by atoms with Gasteiger partial charge in [0, 0.05) is 35.9 Å². The Bertz CT molecular complexity index is 1160. The van der Waals surface area contributed by atoms with Crippen LogP contribution in [0.4, 0.5) is 5.69 Å². The maximum atomic E-state index is 12.4. The number of fused-ring (bicyclic) bond motifs is 2. The van der Waals surface area contributed by atoms with Gasteiger partial charge in [-0.05, 0) is 36.2 Å². The molecular weight excluding hydrogens is 318 g/mol. The quantitative estimate of drug-likeness (QED) is 0.604. The number of nitrogens with zero attached hydrogens (tertiary/aromatic N) is 1. The number of H-pyrrole nitrogens is 1. The van der Waals surface area contributed by atoms with Crippen LogP contribution >= 0.6 is 0 Å². The first-order valence-corrected chi connectivity index (χ1v) is 7.97. The van der Waals surface area contributed by atoms with E-state index in [9.17, 15) is 9.59 Å². The molecule has 2 heterocycles. The van der Waals surface area contributed by atoms with E-state index in [1.165, 1.54) is 10.1 Å². The summed E-state index contributed by atoms with van der Waals surface area (Å²) in [5.41, 5.74) is 4.88. The first-order valence-electron chi connectivity index (χ1n) is 7.97. The predicted molar refractivity (Wildman–Crippen MR) is 96.8 cm³/mol. The van der Waals surface area contributed by atoms with E-state index in [4.69, 9.17) is 4.42 Å². The number of rotatable bonds is 3. The van der Waals surface area contributed by atoms with Crippen molar-refractivity contribution in [3.8, 4) is 0 Å². The average molecular weight is 335 g/mol. The van der Waals surface area contributed by atoms with Gasteiger partial charge in [0.2, 0.25) is 5.91 Å². The molecule has 0 spiro atoms. The molecule has 0 fully saturated rings. The van der Waals surface area contributed by atoms with Crippen LogP contribution in [0.3, 0.4) is 0 Å². The topological polar surface area (TPSA) is 80.0 Å². The number of carbonyl (C=O) groups is 1. The molecule has 126 valence electrons. The molecule has 0 aliphatic rings. The van der Waals surface area contributed by atoms with Crippen LogP contribution in [0.5, 0.6) is 0 Å². The van der Waals surface area contributed by atoms with Crippen molar-refractivity contribution in [3.63, 3.8) is 0 Å².